The standard InChI is InChI=1S/C20H24N2O2/c1-4-14(2)19(23)22-18-13-9-8-12-17(18)20(24)21-15(3)16-10-6-5-7-11-16/h5-15H,4H2,1-3H3,(H,21,24)(H,22,23)/t14-,15+/m0/s1. The van der Waals surface area contributed by atoms with Gasteiger partial charge in [0.1, 0.15) is 0 Å². The minimum atomic E-state index is -0.202. The molecule has 2 N–H and O–H groups in total. The van der Waals surface area contributed by atoms with E-state index in [4.69, 9.17) is 0 Å². The lowest BCUT2D eigenvalue weighted by Gasteiger charge is -2.17. The number of hydrogen-bond donors (Lipinski definition) is 2. The first-order valence-corrected chi connectivity index (χ1v) is 8.28. The number of hydrogen-bond acceptors (Lipinski definition) is 2. The van der Waals surface area contributed by atoms with Gasteiger partial charge in [-0.25, -0.2) is 0 Å². The summed E-state index contributed by atoms with van der Waals surface area (Å²) in [5, 5.41) is 5.83. The summed E-state index contributed by atoms with van der Waals surface area (Å²) in [5.74, 6) is -0.371. The first-order valence-electron chi connectivity index (χ1n) is 8.28. The van der Waals surface area contributed by atoms with Crippen LogP contribution in [-0.4, -0.2) is 11.8 Å². The molecule has 0 bridgehead atoms. The molecule has 0 aliphatic carbocycles. The van der Waals surface area contributed by atoms with E-state index in [-0.39, 0.29) is 23.8 Å². The van der Waals surface area contributed by atoms with Crippen molar-refractivity contribution in [2.24, 2.45) is 5.92 Å². The van der Waals surface area contributed by atoms with Gasteiger partial charge in [0.2, 0.25) is 5.91 Å². The van der Waals surface area contributed by atoms with Gasteiger partial charge in [0.05, 0.1) is 17.3 Å². The Morgan fingerprint density at radius 3 is 2.25 bits per heavy atom. The highest BCUT2D eigenvalue weighted by Gasteiger charge is 2.17. The molecular weight excluding hydrogens is 300 g/mol. The summed E-state index contributed by atoms with van der Waals surface area (Å²) in [6.07, 6.45) is 0.755. The van der Waals surface area contributed by atoms with Gasteiger partial charge in [0.15, 0.2) is 0 Å². The fourth-order valence-electron chi connectivity index (χ4n) is 2.33. The molecule has 0 spiro atoms. The van der Waals surface area contributed by atoms with Gasteiger partial charge >= 0.3 is 0 Å². The molecule has 0 fully saturated rings. The fraction of sp³-hybridized carbons (Fsp3) is 0.300. The summed E-state index contributed by atoms with van der Waals surface area (Å²) < 4.78 is 0. The highest BCUT2D eigenvalue weighted by atomic mass is 16.2. The number of rotatable bonds is 6. The van der Waals surface area contributed by atoms with Crippen LogP contribution in [0.4, 0.5) is 5.69 Å². The van der Waals surface area contributed by atoms with Gasteiger partial charge in [-0.1, -0.05) is 56.3 Å². The summed E-state index contributed by atoms with van der Waals surface area (Å²) in [6, 6.07) is 16.7. The summed E-state index contributed by atoms with van der Waals surface area (Å²) in [7, 11) is 0. The molecule has 4 nitrogen and oxygen atoms in total. The van der Waals surface area contributed by atoms with Crippen molar-refractivity contribution in [2.75, 3.05) is 5.32 Å². The van der Waals surface area contributed by atoms with Crippen LogP contribution in [0.25, 0.3) is 0 Å². The quantitative estimate of drug-likeness (QED) is 0.838. The van der Waals surface area contributed by atoms with Crippen molar-refractivity contribution < 1.29 is 9.59 Å². The Balaban J connectivity index is 2.13. The molecule has 4 heteroatoms. The Kier molecular flexibility index (Phi) is 6.13. The van der Waals surface area contributed by atoms with Crippen LogP contribution in [0.1, 0.15) is 49.2 Å². The Bertz CT molecular complexity index is 698. The second-order valence-corrected chi connectivity index (χ2v) is 5.95. The van der Waals surface area contributed by atoms with Crippen LogP contribution in [0.2, 0.25) is 0 Å². The van der Waals surface area contributed by atoms with Gasteiger partial charge in [0.25, 0.3) is 5.91 Å². The van der Waals surface area contributed by atoms with E-state index in [2.05, 4.69) is 10.6 Å². The Hall–Kier alpha value is -2.62. The van der Waals surface area contributed by atoms with Gasteiger partial charge in [-0.3, -0.25) is 9.59 Å². The zero-order valence-electron chi connectivity index (χ0n) is 14.4. The number of carbonyl (C=O) groups is 2. The van der Waals surface area contributed by atoms with Gasteiger partial charge in [-0.15, -0.1) is 0 Å². The normalized spacial score (nSPS) is 13.0. The van der Waals surface area contributed by atoms with E-state index in [1.165, 1.54) is 0 Å². The smallest absolute Gasteiger partial charge is 0.253 e. The molecule has 0 aromatic heterocycles. The average molecular weight is 324 g/mol. The SMILES string of the molecule is CC[C@H](C)C(=O)Nc1ccccc1C(=O)N[C@H](C)c1ccccc1. The first-order chi connectivity index (χ1) is 11.5. The molecule has 2 amide bonds. The van der Waals surface area contributed by atoms with E-state index in [1.54, 1.807) is 18.2 Å². The molecule has 0 radical (unpaired) electrons. The van der Waals surface area contributed by atoms with Gasteiger partial charge in [0, 0.05) is 5.92 Å². The van der Waals surface area contributed by atoms with Crippen molar-refractivity contribution in [3.05, 3.63) is 65.7 Å². The van der Waals surface area contributed by atoms with Crippen molar-refractivity contribution in [3.8, 4) is 0 Å². The molecule has 24 heavy (non-hydrogen) atoms. The summed E-state index contributed by atoms with van der Waals surface area (Å²) in [4.78, 5) is 24.7. The monoisotopic (exact) mass is 324 g/mol. The van der Waals surface area contributed by atoms with Crippen LogP contribution in [-0.2, 0) is 4.79 Å². The van der Waals surface area contributed by atoms with Crippen molar-refractivity contribution in [3.63, 3.8) is 0 Å². The van der Waals surface area contributed by atoms with E-state index < -0.39 is 0 Å². The van der Waals surface area contributed by atoms with Crippen molar-refractivity contribution >= 4 is 17.5 Å². The molecule has 2 atom stereocenters. The molecule has 0 saturated heterocycles. The number of benzene rings is 2. The second-order valence-electron chi connectivity index (χ2n) is 5.95. The fourth-order valence-corrected chi connectivity index (χ4v) is 2.33. The van der Waals surface area contributed by atoms with E-state index >= 15 is 0 Å². The lowest BCUT2D eigenvalue weighted by molar-refractivity contribution is -0.119. The Morgan fingerprint density at radius 1 is 0.958 bits per heavy atom. The molecule has 2 aromatic rings. The number of amides is 2. The minimum Gasteiger partial charge on any atom is -0.345 e. The molecular formula is C20H24N2O2. The van der Waals surface area contributed by atoms with Gasteiger partial charge < -0.3 is 10.6 Å². The van der Waals surface area contributed by atoms with Crippen LogP contribution in [0.15, 0.2) is 54.6 Å². The first kappa shape index (κ1) is 17.7. The molecule has 2 rings (SSSR count). The molecule has 2 aromatic carbocycles. The van der Waals surface area contributed by atoms with Crippen LogP contribution < -0.4 is 10.6 Å². The number of carbonyl (C=O) groups excluding carboxylic acids is 2. The highest BCUT2D eigenvalue weighted by molar-refractivity contribution is 6.04. The largest absolute Gasteiger partial charge is 0.345 e. The highest BCUT2D eigenvalue weighted by Crippen LogP contribution is 2.19. The lowest BCUT2D eigenvalue weighted by atomic mass is 10.1. The van der Waals surface area contributed by atoms with E-state index in [1.807, 2.05) is 57.2 Å². The number of para-hydroxylation sites is 1. The summed E-state index contributed by atoms with van der Waals surface area (Å²) in [6.45, 7) is 5.77. The Morgan fingerprint density at radius 2 is 1.58 bits per heavy atom. The van der Waals surface area contributed by atoms with Crippen molar-refractivity contribution in [2.45, 2.75) is 33.2 Å². The summed E-state index contributed by atoms with van der Waals surface area (Å²) in [5.41, 5.74) is 2.05. The zero-order valence-corrected chi connectivity index (χ0v) is 14.4. The van der Waals surface area contributed by atoms with Gasteiger partial charge in [-0.2, -0.15) is 0 Å². The zero-order chi connectivity index (χ0) is 17.5. The van der Waals surface area contributed by atoms with Crippen molar-refractivity contribution in [1.29, 1.82) is 0 Å². The van der Waals surface area contributed by atoms with Crippen LogP contribution in [0.3, 0.4) is 0 Å². The number of nitrogens with one attached hydrogen (secondary N) is 2. The minimum absolute atomic E-state index is 0.0751. The van der Waals surface area contributed by atoms with Gasteiger partial charge in [-0.05, 0) is 31.0 Å². The topological polar surface area (TPSA) is 58.2 Å². The third-order valence-electron chi connectivity index (χ3n) is 4.14. The van der Waals surface area contributed by atoms with Crippen LogP contribution >= 0.6 is 0 Å². The summed E-state index contributed by atoms with van der Waals surface area (Å²) >= 11 is 0. The molecule has 0 heterocycles. The van der Waals surface area contributed by atoms with E-state index in [0.717, 1.165) is 12.0 Å². The molecule has 0 unspecified atom stereocenters. The molecule has 0 aliphatic heterocycles. The average Bonchev–Trinajstić information content (AvgIpc) is 2.62. The maximum atomic E-state index is 12.6. The molecule has 0 saturated carbocycles. The second kappa shape index (κ2) is 8.29. The molecule has 126 valence electrons. The van der Waals surface area contributed by atoms with E-state index in [9.17, 15) is 9.59 Å². The predicted octanol–water partition coefficient (Wildman–Crippen LogP) is 4.16. The van der Waals surface area contributed by atoms with E-state index in [0.29, 0.717) is 11.3 Å². The van der Waals surface area contributed by atoms with Crippen molar-refractivity contribution in [1.82, 2.24) is 5.32 Å². The van der Waals surface area contributed by atoms with Crippen LogP contribution in [0.5, 0.6) is 0 Å². The maximum absolute atomic E-state index is 12.6. The molecule has 0 aliphatic rings. The Labute approximate surface area is 143 Å². The lowest BCUT2D eigenvalue weighted by Crippen LogP contribution is -2.28. The number of anilines is 1. The van der Waals surface area contributed by atoms with Crippen LogP contribution in [0, 0.1) is 5.92 Å². The third-order valence-corrected chi connectivity index (χ3v) is 4.14. The predicted molar refractivity (Wildman–Crippen MR) is 96.8 cm³/mol. The maximum Gasteiger partial charge on any atom is 0.253 e. The third kappa shape index (κ3) is 4.44.